The van der Waals surface area contributed by atoms with Gasteiger partial charge in [0, 0.05) is 17.6 Å². The third-order valence-electron chi connectivity index (χ3n) is 3.33. The van der Waals surface area contributed by atoms with Crippen LogP contribution in [-0.2, 0) is 6.42 Å². The smallest absolute Gasteiger partial charge is 0.0375 e. The summed E-state index contributed by atoms with van der Waals surface area (Å²) >= 11 is 0. The number of hydrogen-bond donors (Lipinski definition) is 1. The molecule has 1 aromatic rings. The van der Waals surface area contributed by atoms with E-state index in [1.807, 2.05) is 0 Å². The molecule has 0 amide bonds. The van der Waals surface area contributed by atoms with Crippen LogP contribution in [0.2, 0.25) is 0 Å². The number of nitrogens with one attached hydrogen (secondary N) is 1. The Hall–Kier alpha value is -1.50. The fraction of sp³-hybridized carbons (Fsp3) is 0.286. The van der Waals surface area contributed by atoms with Crippen molar-refractivity contribution in [2.75, 3.05) is 5.32 Å². The van der Waals surface area contributed by atoms with E-state index in [1.54, 1.807) is 0 Å². The first kappa shape index (κ1) is 8.78. The summed E-state index contributed by atoms with van der Waals surface area (Å²) in [5.74, 6) is 0.648. The highest BCUT2D eigenvalue weighted by Gasteiger charge is 2.25. The van der Waals surface area contributed by atoms with Gasteiger partial charge in [0.15, 0.2) is 0 Å². The third kappa shape index (κ3) is 1.58. The highest BCUT2D eigenvalue weighted by molar-refractivity contribution is 5.55. The fourth-order valence-electron chi connectivity index (χ4n) is 2.49. The van der Waals surface area contributed by atoms with Crippen molar-refractivity contribution in [3.8, 4) is 0 Å². The quantitative estimate of drug-likeness (QED) is 0.673. The van der Waals surface area contributed by atoms with E-state index in [0.717, 1.165) is 6.42 Å². The van der Waals surface area contributed by atoms with E-state index in [-0.39, 0.29) is 0 Å². The molecule has 0 radical (unpaired) electrons. The molecule has 1 heterocycles. The largest absolute Gasteiger partial charge is 0.381 e. The summed E-state index contributed by atoms with van der Waals surface area (Å²) in [7, 11) is 0. The number of fused-ring (bicyclic) bond motifs is 2. The lowest BCUT2D eigenvalue weighted by molar-refractivity contribution is 0.518. The van der Waals surface area contributed by atoms with E-state index >= 15 is 0 Å². The average molecular weight is 197 g/mol. The van der Waals surface area contributed by atoms with E-state index in [0.29, 0.717) is 12.0 Å². The van der Waals surface area contributed by atoms with Gasteiger partial charge in [0.25, 0.3) is 0 Å². The van der Waals surface area contributed by atoms with Gasteiger partial charge >= 0.3 is 0 Å². The summed E-state index contributed by atoms with van der Waals surface area (Å²) in [6, 6.07) is 9.22. The van der Waals surface area contributed by atoms with Crippen molar-refractivity contribution < 1.29 is 0 Å². The van der Waals surface area contributed by atoms with Crippen LogP contribution in [0, 0.1) is 5.92 Å². The van der Waals surface area contributed by atoms with Crippen LogP contribution in [0.15, 0.2) is 48.6 Å². The highest BCUT2D eigenvalue weighted by atomic mass is 14.9. The maximum absolute atomic E-state index is 3.64. The van der Waals surface area contributed by atoms with E-state index in [9.17, 15) is 0 Å². The Morgan fingerprint density at radius 1 is 1.13 bits per heavy atom. The maximum Gasteiger partial charge on any atom is 0.0375 e. The van der Waals surface area contributed by atoms with Gasteiger partial charge in [0.2, 0.25) is 0 Å². The number of rotatable bonds is 0. The molecular weight excluding hydrogens is 182 g/mol. The average Bonchev–Trinajstić information content (AvgIpc) is 2.50. The summed E-state index contributed by atoms with van der Waals surface area (Å²) in [6.45, 7) is 0. The summed E-state index contributed by atoms with van der Waals surface area (Å²) in [4.78, 5) is 0. The van der Waals surface area contributed by atoms with Gasteiger partial charge in [-0.1, -0.05) is 42.5 Å². The minimum Gasteiger partial charge on any atom is -0.381 e. The summed E-state index contributed by atoms with van der Waals surface area (Å²) in [5, 5.41) is 3.64. The summed E-state index contributed by atoms with van der Waals surface area (Å²) in [6.07, 6.45) is 11.2. The minimum atomic E-state index is 0.579. The molecule has 1 aliphatic heterocycles. The lowest BCUT2D eigenvalue weighted by Gasteiger charge is -2.32. The van der Waals surface area contributed by atoms with Crippen molar-refractivity contribution in [1.82, 2.24) is 0 Å². The molecule has 0 saturated carbocycles. The molecule has 0 aromatic heterocycles. The molecule has 76 valence electrons. The zero-order valence-electron chi connectivity index (χ0n) is 8.69. The van der Waals surface area contributed by atoms with Crippen LogP contribution in [0.25, 0.3) is 0 Å². The zero-order chi connectivity index (χ0) is 10.1. The normalized spacial score (nSPS) is 27.5. The van der Waals surface area contributed by atoms with Crippen LogP contribution in [0.1, 0.15) is 12.0 Å². The molecule has 1 heteroatoms. The topological polar surface area (TPSA) is 12.0 Å². The van der Waals surface area contributed by atoms with Crippen molar-refractivity contribution >= 4 is 5.69 Å². The Labute approximate surface area is 90.5 Å². The van der Waals surface area contributed by atoms with Crippen molar-refractivity contribution in [2.45, 2.75) is 18.9 Å². The molecule has 1 nitrogen and oxygen atoms in total. The van der Waals surface area contributed by atoms with Crippen LogP contribution >= 0.6 is 0 Å². The molecule has 1 aliphatic carbocycles. The highest BCUT2D eigenvalue weighted by Crippen LogP contribution is 2.31. The molecule has 1 aromatic carbocycles. The number of allylic oxidation sites excluding steroid dienone is 2. The third-order valence-corrected chi connectivity index (χ3v) is 3.33. The molecule has 2 atom stereocenters. The predicted octanol–water partition coefficient (Wildman–Crippen LogP) is 3.16. The molecule has 2 unspecified atom stereocenters. The standard InChI is InChI=1S/C14H15N/c1-2-6-11-10-12-7-4-5-9-14(12)15-13(11)8-3-1/h1-7,9,11,13,15H,8,10H2. The van der Waals surface area contributed by atoms with Crippen LogP contribution in [-0.4, -0.2) is 6.04 Å². The zero-order valence-corrected chi connectivity index (χ0v) is 8.69. The first-order chi connectivity index (χ1) is 7.43. The molecule has 1 N–H and O–H groups in total. The lowest BCUT2D eigenvalue weighted by atomic mass is 9.86. The van der Waals surface area contributed by atoms with Gasteiger partial charge < -0.3 is 5.32 Å². The van der Waals surface area contributed by atoms with Crippen LogP contribution in [0.4, 0.5) is 5.69 Å². The second-order valence-corrected chi connectivity index (χ2v) is 4.32. The van der Waals surface area contributed by atoms with E-state index < -0.39 is 0 Å². The Bertz CT molecular complexity index is 417. The van der Waals surface area contributed by atoms with E-state index in [4.69, 9.17) is 0 Å². The monoisotopic (exact) mass is 197 g/mol. The van der Waals surface area contributed by atoms with Crippen LogP contribution in [0.3, 0.4) is 0 Å². The Kier molecular flexibility index (Phi) is 2.09. The molecule has 2 aliphatic rings. The Morgan fingerprint density at radius 2 is 2.07 bits per heavy atom. The molecular formula is C14H15N. The van der Waals surface area contributed by atoms with Crippen molar-refractivity contribution in [1.29, 1.82) is 0 Å². The van der Waals surface area contributed by atoms with Gasteiger partial charge in [-0.15, -0.1) is 0 Å². The second kappa shape index (κ2) is 3.58. The van der Waals surface area contributed by atoms with Crippen LogP contribution < -0.4 is 5.32 Å². The molecule has 3 rings (SSSR count). The molecule has 0 bridgehead atoms. The predicted molar refractivity (Wildman–Crippen MR) is 63.9 cm³/mol. The second-order valence-electron chi connectivity index (χ2n) is 4.32. The van der Waals surface area contributed by atoms with Gasteiger partial charge in [-0.3, -0.25) is 0 Å². The van der Waals surface area contributed by atoms with Crippen molar-refractivity contribution in [3.63, 3.8) is 0 Å². The van der Waals surface area contributed by atoms with Crippen molar-refractivity contribution in [3.05, 3.63) is 54.1 Å². The SMILES string of the molecule is C1=CCC2Nc3ccccc3CC2C=C1. The van der Waals surface area contributed by atoms with Crippen LogP contribution in [0.5, 0.6) is 0 Å². The number of para-hydroxylation sites is 1. The number of benzene rings is 1. The lowest BCUT2D eigenvalue weighted by Crippen LogP contribution is -2.33. The maximum atomic E-state index is 3.64. The first-order valence-electron chi connectivity index (χ1n) is 5.61. The van der Waals surface area contributed by atoms with Gasteiger partial charge in [0.1, 0.15) is 0 Å². The van der Waals surface area contributed by atoms with Gasteiger partial charge in [-0.2, -0.15) is 0 Å². The number of hydrogen-bond acceptors (Lipinski definition) is 1. The summed E-state index contributed by atoms with van der Waals surface area (Å²) < 4.78 is 0. The number of anilines is 1. The Balaban J connectivity index is 1.95. The van der Waals surface area contributed by atoms with E-state index in [1.165, 1.54) is 17.7 Å². The molecule has 0 fully saturated rings. The summed E-state index contributed by atoms with van der Waals surface area (Å²) in [5.41, 5.74) is 2.77. The van der Waals surface area contributed by atoms with E-state index in [2.05, 4.69) is 53.9 Å². The van der Waals surface area contributed by atoms with Gasteiger partial charge in [0.05, 0.1) is 0 Å². The minimum absolute atomic E-state index is 0.579. The Morgan fingerprint density at radius 3 is 3.07 bits per heavy atom. The van der Waals surface area contributed by atoms with Gasteiger partial charge in [-0.05, 0) is 24.5 Å². The first-order valence-corrected chi connectivity index (χ1v) is 5.61. The fourth-order valence-corrected chi connectivity index (χ4v) is 2.49. The van der Waals surface area contributed by atoms with Crippen molar-refractivity contribution in [2.24, 2.45) is 5.92 Å². The van der Waals surface area contributed by atoms with Gasteiger partial charge in [-0.25, -0.2) is 0 Å². The molecule has 0 saturated heterocycles. The molecule has 0 spiro atoms. The molecule has 15 heavy (non-hydrogen) atoms.